The maximum absolute atomic E-state index is 12.3. The van der Waals surface area contributed by atoms with Gasteiger partial charge in [0.2, 0.25) is 0 Å². The number of hydrogen-bond acceptors (Lipinski definition) is 2. The molecule has 0 unspecified atom stereocenters. The maximum Gasteiger partial charge on any atom is 0.255 e. The van der Waals surface area contributed by atoms with Crippen molar-refractivity contribution in [2.24, 2.45) is 11.8 Å². The molecule has 0 aromatic heterocycles. The summed E-state index contributed by atoms with van der Waals surface area (Å²) in [6.45, 7) is 8.39. The van der Waals surface area contributed by atoms with Gasteiger partial charge in [0, 0.05) is 11.1 Å². The lowest BCUT2D eigenvalue weighted by atomic mass is 9.93. The van der Waals surface area contributed by atoms with Crippen LogP contribution in [0.1, 0.15) is 38.1 Å². The number of amides is 1. The summed E-state index contributed by atoms with van der Waals surface area (Å²) < 4.78 is 5.20. The Kier molecular flexibility index (Phi) is 5.67. The molecule has 0 heterocycles. The molecular weight excluding hydrogens is 262 g/mol. The quantitative estimate of drug-likeness (QED) is 0.893. The summed E-state index contributed by atoms with van der Waals surface area (Å²) in [5.41, 5.74) is 0.473. The predicted octanol–water partition coefficient (Wildman–Crippen LogP) is 3.76. The molecule has 0 fully saturated rings. The van der Waals surface area contributed by atoms with Crippen LogP contribution in [0.5, 0.6) is 5.75 Å². The molecule has 106 valence electrons. The molecule has 1 N–H and O–H groups in total. The van der Waals surface area contributed by atoms with Crippen LogP contribution in [0.25, 0.3) is 0 Å². The molecule has 0 bridgehead atoms. The van der Waals surface area contributed by atoms with Gasteiger partial charge in [0.1, 0.15) is 5.75 Å². The molecule has 19 heavy (non-hydrogen) atoms. The second kappa shape index (κ2) is 6.80. The number of hydrogen-bond donors (Lipinski definition) is 1. The number of methoxy groups -OCH3 is 1. The minimum Gasteiger partial charge on any atom is -0.496 e. The zero-order valence-corrected chi connectivity index (χ0v) is 12.9. The van der Waals surface area contributed by atoms with Crippen LogP contribution in [0.4, 0.5) is 0 Å². The van der Waals surface area contributed by atoms with Crippen LogP contribution < -0.4 is 10.1 Å². The minimum atomic E-state index is -0.147. The van der Waals surface area contributed by atoms with Crippen molar-refractivity contribution in [3.8, 4) is 5.75 Å². The molecule has 0 aliphatic carbocycles. The zero-order valence-electron chi connectivity index (χ0n) is 12.2. The fraction of sp³-hybridized carbons (Fsp3) is 0.533. The van der Waals surface area contributed by atoms with Crippen LogP contribution in [-0.2, 0) is 0 Å². The van der Waals surface area contributed by atoms with E-state index in [-0.39, 0.29) is 11.9 Å². The highest BCUT2D eigenvalue weighted by molar-refractivity contribution is 6.31. The number of rotatable bonds is 5. The number of nitrogens with one attached hydrogen (secondary N) is 1. The largest absolute Gasteiger partial charge is 0.496 e. The third kappa shape index (κ3) is 4.13. The Bertz CT molecular complexity index is 436. The van der Waals surface area contributed by atoms with Crippen LogP contribution >= 0.6 is 11.6 Å². The normalized spacial score (nSPS) is 11.2. The summed E-state index contributed by atoms with van der Waals surface area (Å²) in [7, 11) is 1.54. The molecule has 1 amide bonds. The summed E-state index contributed by atoms with van der Waals surface area (Å²) >= 11 is 5.94. The number of ether oxygens (including phenoxy) is 1. The summed E-state index contributed by atoms with van der Waals surface area (Å²) in [4.78, 5) is 12.3. The smallest absolute Gasteiger partial charge is 0.255 e. The fourth-order valence-corrected chi connectivity index (χ4v) is 2.36. The lowest BCUT2D eigenvalue weighted by Gasteiger charge is -2.26. The van der Waals surface area contributed by atoms with Crippen molar-refractivity contribution in [2.75, 3.05) is 7.11 Å². The third-order valence-corrected chi connectivity index (χ3v) is 3.38. The van der Waals surface area contributed by atoms with E-state index in [1.54, 1.807) is 25.3 Å². The average Bonchev–Trinajstić information content (AvgIpc) is 2.34. The zero-order chi connectivity index (χ0) is 14.6. The topological polar surface area (TPSA) is 38.3 Å². The summed E-state index contributed by atoms with van der Waals surface area (Å²) in [5, 5.41) is 3.58. The summed E-state index contributed by atoms with van der Waals surface area (Å²) in [6, 6.07) is 5.17. The molecule has 1 aromatic rings. The van der Waals surface area contributed by atoms with Gasteiger partial charge in [0.05, 0.1) is 12.7 Å². The van der Waals surface area contributed by atoms with Crippen molar-refractivity contribution in [2.45, 2.75) is 33.7 Å². The molecular formula is C15H22ClNO2. The third-order valence-electron chi connectivity index (χ3n) is 3.14. The first-order chi connectivity index (χ1) is 8.86. The molecule has 0 spiro atoms. The van der Waals surface area contributed by atoms with E-state index in [1.165, 1.54) is 0 Å². The van der Waals surface area contributed by atoms with Gasteiger partial charge in [0.15, 0.2) is 0 Å². The van der Waals surface area contributed by atoms with Gasteiger partial charge < -0.3 is 10.1 Å². The predicted molar refractivity (Wildman–Crippen MR) is 78.9 cm³/mol. The van der Waals surface area contributed by atoms with Gasteiger partial charge in [0.25, 0.3) is 5.91 Å². The number of benzene rings is 1. The second-order valence-corrected chi connectivity index (χ2v) is 5.77. The molecule has 4 heteroatoms. The molecule has 0 saturated heterocycles. The Morgan fingerprint density at radius 2 is 1.79 bits per heavy atom. The van der Waals surface area contributed by atoms with Gasteiger partial charge in [-0.2, -0.15) is 0 Å². The van der Waals surface area contributed by atoms with E-state index in [9.17, 15) is 4.79 Å². The SMILES string of the molecule is COc1ccc(Cl)cc1C(=O)NC(C(C)C)C(C)C. The van der Waals surface area contributed by atoms with Crippen LogP contribution in [0.3, 0.4) is 0 Å². The lowest BCUT2D eigenvalue weighted by molar-refractivity contribution is 0.0907. The van der Waals surface area contributed by atoms with E-state index in [0.717, 1.165) is 0 Å². The van der Waals surface area contributed by atoms with Gasteiger partial charge in [-0.25, -0.2) is 0 Å². The first-order valence-electron chi connectivity index (χ1n) is 6.51. The molecule has 0 radical (unpaired) electrons. The van der Waals surface area contributed by atoms with Crippen molar-refractivity contribution in [1.29, 1.82) is 0 Å². The molecule has 1 aromatic carbocycles. The Balaban J connectivity index is 2.97. The van der Waals surface area contributed by atoms with Crippen molar-refractivity contribution in [3.63, 3.8) is 0 Å². The van der Waals surface area contributed by atoms with Crippen LogP contribution in [0.15, 0.2) is 18.2 Å². The Morgan fingerprint density at radius 1 is 1.21 bits per heavy atom. The highest BCUT2D eigenvalue weighted by Gasteiger charge is 2.22. The van der Waals surface area contributed by atoms with E-state index in [1.807, 2.05) is 0 Å². The van der Waals surface area contributed by atoms with Crippen LogP contribution in [0.2, 0.25) is 5.02 Å². The van der Waals surface area contributed by atoms with Crippen LogP contribution in [0, 0.1) is 11.8 Å². The van der Waals surface area contributed by atoms with Crippen molar-refractivity contribution in [1.82, 2.24) is 5.32 Å². The van der Waals surface area contributed by atoms with E-state index < -0.39 is 0 Å². The Hall–Kier alpha value is -1.22. The van der Waals surface area contributed by atoms with Crippen molar-refractivity contribution in [3.05, 3.63) is 28.8 Å². The molecule has 1 rings (SSSR count). The second-order valence-electron chi connectivity index (χ2n) is 5.33. The number of halogens is 1. The Morgan fingerprint density at radius 3 is 2.26 bits per heavy atom. The fourth-order valence-electron chi connectivity index (χ4n) is 2.19. The average molecular weight is 284 g/mol. The van der Waals surface area contributed by atoms with Crippen LogP contribution in [-0.4, -0.2) is 19.1 Å². The summed E-state index contributed by atoms with van der Waals surface area (Å²) in [5.74, 6) is 1.13. The van der Waals surface area contributed by atoms with Gasteiger partial charge in [-0.3, -0.25) is 4.79 Å². The summed E-state index contributed by atoms with van der Waals surface area (Å²) in [6.07, 6.45) is 0. The number of carbonyl (C=O) groups excluding carboxylic acids is 1. The molecule has 0 atom stereocenters. The number of carbonyl (C=O) groups is 1. The van der Waals surface area contributed by atoms with Crippen molar-refractivity contribution >= 4 is 17.5 Å². The lowest BCUT2D eigenvalue weighted by Crippen LogP contribution is -2.42. The molecule has 3 nitrogen and oxygen atoms in total. The maximum atomic E-state index is 12.3. The first-order valence-corrected chi connectivity index (χ1v) is 6.89. The standard InChI is InChI=1S/C15H22ClNO2/c1-9(2)14(10(3)4)17-15(18)12-8-11(16)6-7-13(12)19-5/h6-10,14H,1-5H3,(H,17,18). The monoisotopic (exact) mass is 283 g/mol. The van der Waals surface area contributed by atoms with Gasteiger partial charge in [-0.15, -0.1) is 0 Å². The molecule has 0 saturated carbocycles. The highest BCUT2D eigenvalue weighted by Crippen LogP contribution is 2.23. The van der Waals surface area contributed by atoms with E-state index >= 15 is 0 Å². The molecule has 0 aliphatic rings. The van der Waals surface area contributed by atoms with Gasteiger partial charge in [-0.1, -0.05) is 39.3 Å². The van der Waals surface area contributed by atoms with Gasteiger partial charge in [-0.05, 0) is 30.0 Å². The van der Waals surface area contributed by atoms with E-state index in [2.05, 4.69) is 33.0 Å². The van der Waals surface area contributed by atoms with E-state index in [0.29, 0.717) is 28.2 Å². The van der Waals surface area contributed by atoms with Gasteiger partial charge >= 0.3 is 0 Å². The Labute approximate surface area is 120 Å². The minimum absolute atomic E-state index is 0.121. The van der Waals surface area contributed by atoms with E-state index in [4.69, 9.17) is 16.3 Å². The highest BCUT2D eigenvalue weighted by atomic mass is 35.5. The van der Waals surface area contributed by atoms with Crippen molar-refractivity contribution < 1.29 is 9.53 Å². The molecule has 0 aliphatic heterocycles. The first kappa shape index (κ1) is 15.8.